The first kappa shape index (κ1) is 12.9. The molecule has 0 radical (unpaired) electrons. The molecule has 0 fully saturated rings. The Morgan fingerprint density at radius 3 is 2.65 bits per heavy atom. The molecule has 102 valence electrons. The summed E-state index contributed by atoms with van der Waals surface area (Å²) in [5, 5.41) is 11.6. The first-order chi connectivity index (χ1) is 9.46. The lowest BCUT2D eigenvalue weighted by molar-refractivity contribution is 0.0783. The van der Waals surface area contributed by atoms with E-state index in [-0.39, 0.29) is 5.82 Å². The van der Waals surface area contributed by atoms with Crippen molar-refractivity contribution in [2.45, 2.75) is 19.4 Å². The maximum atomic E-state index is 13.3. The van der Waals surface area contributed by atoms with Gasteiger partial charge in [-0.05, 0) is 49.7 Å². The van der Waals surface area contributed by atoms with Crippen LogP contribution in [0.4, 0.5) is 4.39 Å². The predicted octanol–water partition coefficient (Wildman–Crippen LogP) is 4.14. The van der Waals surface area contributed by atoms with Crippen molar-refractivity contribution in [1.82, 2.24) is 0 Å². The Balaban J connectivity index is 2.13. The van der Waals surface area contributed by atoms with E-state index in [0.717, 1.165) is 10.9 Å². The van der Waals surface area contributed by atoms with Crippen molar-refractivity contribution in [2.24, 2.45) is 0 Å². The summed E-state index contributed by atoms with van der Waals surface area (Å²) < 4.78 is 19.0. The monoisotopic (exact) mass is 270 g/mol. The fourth-order valence-corrected chi connectivity index (χ4v) is 2.34. The van der Waals surface area contributed by atoms with Crippen LogP contribution in [0.2, 0.25) is 0 Å². The lowest BCUT2D eigenvalue weighted by Crippen LogP contribution is -2.22. The minimum atomic E-state index is -1.37. The van der Waals surface area contributed by atoms with Crippen LogP contribution in [-0.2, 0) is 5.60 Å². The van der Waals surface area contributed by atoms with Crippen LogP contribution in [0.1, 0.15) is 23.8 Å². The molecule has 3 rings (SSSR count). The molecule has 1 aromatic heterocycles. The highest BCUT2D eigenvalue weighted by Crippen LogP contribution is 2.33. The molecule has 1 heterocycles. The molecule has 2 nitrogen and oxygen atoms in total. The second-order valence-corrected chi connectivity index (χ2v) is 5.23. The highest BCUT2D eigenvalue weighted by Gasteiger charge is 2.30. The summed E-state index contributed by atoms with van der Waals surface area (Å²) in [6.07, 6.45) is 0. The molecular formula is C17H15FO2. The lowest BCUT2D eigenvalue weighted by Gasteiger charge is -2.21. The van der Waals surface area contributed by atoms with E-state index in [1.54, 1.807) is 25.1 Å². The summed E-state index contributed by atoms with van der Waals surface area (Å²) in [6, 6.07) is 13.5. The molecule has 0 aliphatic rings. The van der Waals surface area contributed by atoms with Crippen molar-refractivity contribution >= 4 is 11.0 Å². The van der Waals surface area contributed by atoms with E-state index < -0.39 is 5.60 Å². The van der Waals surface area contributed by atoms with Gasteiger partial charge in [0.25, 0.3) is 0 Å². The summed E-state index contributed by atoms with van der Waals surface area (Å²) in [6.45, 7) is 3.60. The molecule has 0 amide bonds. The van der Waals surface area contributed by atoms with E-state index in [1.807, 2.05) is 25.1 Å². The minimum absolute atomic E-state index is 0.380. The fourth-order valence-electron chi connectivity index (χ4n) is 2.34. The van der Waals surface area contributed by atoms with Gasteiger partial charge in [-0.1, -0.05) is 23.8 Å². The molecule has 0 aliphatic heterocycles. The van der Waals surface area contributed by atoms with Gasteiger partial charge >= 0.3 is 0 Å². The Morgan fingerprint density at radius 1 is 1.10 bits per heavy atom. The van der Waals surface area contributed by atoms with Crippen molar-refractivity contribution in [3.05, 3.63) is 71.2 Å². The maximum Gasteiger partial charge on any atom is 0.144 e. The minimum Gasteiger partial charge on any atom is -0.458 e. The average Bonchev–Trinajstić information content (AvgIpc) is 2.82. The third-order valence-corrected chi connectivity index (χ3v) is 3.54. The number of aryl methyl sites for hydroxylation is 1. The summed E-state index contributed by atoms with van der Waals surface area (Å²) >= 11 is 0. The Bertz CT molecular complexity index is 772. The number of fused-ring (bicyclic) bond motifs is 1. The quantitative estimate of drug-likeness (QED) is 0.759. The zero-order valence-corrected chi connectivity index (χ0v) is 11.4. The van der Waals surface area contributed by atoms with Crippen LogP contribution in [0.15, 0.2) is 52.9 Å². The topological polar surface area (TPSA) is 33.4 Å². The molecule has 1 unspecified atom stereocenters. The van der Waals surface area contributed by atoms with Crippen LogP contribution in [0.25, 0.3) is 11.0 Å². The average molecular weight is 270 g/mol. The van der Waals surface area contributed by atoms with Gasteiger partial charge in [-0.15, -0.1) is 0 Å². The van der Waals surface area contributed by atoms with Crippen molar-refractivity contribution in [3.8, 4) is 0 Å². The van der Waals surface area contributed by atoms with Crippen LogP contribution in [0, 0.1) is 12.7 Å². The maximum absolute atomic E-state index is 13.3. The molecule has 0 bridgehead atoms. The summed E-state index contributed by atoms with van der Waals surface area (Å²) in [5.74, 6) is 0.0263. The van der Waals surface area contributed by atoms with E-state index in [1.165, 1.54) is 12.1 Å². The van der Waals surface area contributed by atoms with Gasteiger partial charge in [0.1, 0.15) is 22.8 Å². The molecule has 0 saturated heterocycles. The Hall–Kier alpha value is -2.13. The molecular weight excluding hydrogens is 255 g/mol. The van der Waals surface area contributed by atoms with Gasteiger partial charge in [0, 0.05) is 5.39 Å². The van der Waals surface area contributed by atoms with Crippen molar-refractivity contribution < 1.29 is 13.9 Å². The standard InChI is InChI=1S/C17H15FO2/c1-11-6-7-15-12(8-11)9-16(20-15)17(2,19)13-4-3-5-14(18)10-13/h3-10,19H,1-2H3. The normalized spacial score (nSPS) is 14.4. The molecule has 1 N–H and O–H groups in total. The van der Waals surface area contributed by atoms with Gasteiger partial charge in [0.05, 0.1) is 0 Å². The van der Waals surface area contributed by atoms with Crippen molar-refractivity contribution in [2.75, 3.05) is 0 Å². The molecule has 2 aromatic carbocycles. The van der Waals surface area contributed by atoms with Crippen LogP contribution >= 0.6 is 0 Å². The van der Waals surface area contributed by atoms with Crippen LogP contribution in [-0.4, -0.2) is 5.11 Å². The van der Waals surface area contributed by atoms with Gasteiger partial charge in [0.15, 0.2) is 0 Å². The number of hydrogen-bond acceptors (Lipinski definition) is 2. The predicted molar refractivity (Wildman–Crippen MR) is 76.0 cm³/mol. The van der Waals surface area contributed by atoms with Gasteiger partial charge < -0.3 is 9.52 Å². The SMILES string of the molecule is Cc1ccc2oc(C(C)(O)c3cccc(F)c3)cc2c1. The summed E-state index contributed by atoms with van der Waals surface area (Å²) in [4.78, 5) is 0. The van der Waals surface area contributed by atoms with Gasteiger partial charge in [-0.25, -0.2) is 4.39 Å². The second kappa shape index (κ2) is 4.46. The molecule has 3 heteroatoms. The van der Waals surface area contributed by atoms with E-state index in [2.05, 4.69) is 0 Å². The van der Waals surface area contributed by atoms with Gasteiger partial charge in [-0.3, -0.25) is 0 Å². The lowest BCUT2D eigenvalue weighted by atomic mass is 9.93. The number of rotatable bonds is 2. The fraction of sp³-hybridized carbons (Fsp3) is 0.176. The molecule has 20 heavy (non-hydrogen) atoms. The molecule has 1 atom stereocenters. The molecule has 0 spiro atoms. The number of halogens is 1. The first-order valence-electron chi connectivity index (χ1n) is 6.46. The highest BCUT2D eigenvalue weighted by molar-refractivity contribution is 5.79. The van der Waals surface area contributed by atoms with Gasteiger partial charge in [0.2, 0.25) is 0 Å². The van der Waals surface area contributed by atoms with Crippen LogP contribution < -0.4 is 0 Å². The van der Waals surface area contributed by atoms with Crippen molar-refractivity contribution in [3.63, 3.8) is 0 Å². The van der Waals surface area contributed by atoms with E-state index in [0.29, 0.717) is 16.9 Å². The molecule has 3 aromatic rings. The zero-order chi connectivity index (χ0) is 14.3. The number of aliphatic hydroxyl groups is 1. The largest absolute Gasteiger partial charge is 0.458 e. The third kappa shape index (κ3) is 2.10. The number of furan rings is 1. The highest BCUT2D eigenvalue weighted by atomic mass is 19.1. The third-order valence-electron chi connectivity index (χ3n) is 3.54. The van der Waals surface area contributed by atoms with Crippen LogP contribution in [0.5, 0.6) is 0 Å². The smallest absolute Gasteiger partial charge is 0.144 e. The number of hydrogen-bond donors (Lipinski definition) is 1. The van der Waals surface area contributed by atoms with Crippen LogP contribution in [0.3, 0.4) is 0 Å². The van der Waals surface area contributed by atoms with E-state index >= 15 is 0 Å². The van der Waals surface area contributed by atoms with E-state index in [4.69, 9.17) is 4.42 Å². The Kier molecular flexibility index (Phi) is 2.87. The Morgan fingerprint density at radius 2 is 1.90 bits per heavy atom. The summed E-state index contributed by atoms with van der Waals surface area (Å²) in [7, 11) is 0. The Labute approximate surface area is 116 Å². The van der Waals surface area contributed by atoms with E-state index in [9.17, 15) is 9.50 Å². The second-order valence-electron chi connectivity index (χ2n) is 5.23. The molecule has 0 saturated carbocycles. The van der Waals surface area contributed by atoms with Gasteiger partial charge in [-0.2, -0.15) is 0 Å². The molecule has 0 aliphatic carbocycles. The summed E-state index contributed by atoms with van der Waals surface area (Å²) in [5.41, 5.74) is 0.931. The first-order valence-corrected chi connectivity index (χ1v) is 6.46. The zero-order valence-electron chi connectivity index (χ0n) is 11.4. The number of benzene rings is 2. The van der Waals surface area contributed by atoms with Crippen molar-refractivity contribution in [1.29, 1.82) is 0 Å².